The molecule has 0 aliphatic carbocycles. The van der Waals surface area contributed by atoms with E-state index in [2.05, 4.69) is 12.1 Å². The monoisotopic (exact) mass is 136 g/mol. The Morgan fingerprint density at radius 2 is 2.11 bits per heavy atom. The van der Waals surface area contributed by atoms with Crippen molar-refractivity contribution in [2.24, 2.45) is 0 Å². The molecule has 1 nitrogen and oxygen atoms in total. The minimum Gasteiger partial charge on any atom is -0.446 e. The zero-order valence-electron chi connectivity index (χ0n) is 4.74. The van der Waals surface area contributed by atoms with Gasteiger partial charge in [0, 0.05) is 10.5 Å². The molecule has 0 unspecified atom stereocenters. The van der Waals surface area contributed by atoms with Crippen LogP contribution in [0.25, 0.3) is 10.5 Å². The predicted molar refractivity (Wildman–Crippen MR) is 38.7 cm³/mol. The molecule has 0 N–H and O–H groups in total. The molecule has 0 amide bonds. The Morgan fingerprint density at radius 3 is 3.00 bits per heavy atom. The third-order valence-corrected chi connectivity index (χ3v) is 2.08. The van der Waals surface area contributed by atoms with E-state index in [9.17, 15) is 0 Å². The SMILES string of the molecule is c1ccc2pocc2c1. The van der Waals surface area contributed by atoms with Crippen molar-refractivity contribution in [3.8, 4) is 0 Å². The molecule has 0 radical (unpaired) electrons. The Hall–Kier alpha value is -0.810. The van der Waals surface area contributed by atoms with Gasteiger partial charge in [-0.25, -0.2) is 0 Å². The molecule has 2 aromatic rings. The lowest BCUT2D eigenvalue weighted by atomic mass is 10.3. The quantitative estimate of drug-likeness (QED) is 0.542. The van der Waals surface area contributed by atoms with Gasteiger partial charge < -0.3 is 4.20 Å². The van der Waals surface area contributed by atoms with Crippen LogP contribution in [0, 0.1) is 0 Å². The van der Waals surface area contributed by atoms with E-state index in [-0.39, 0.29) is 0 Å². The molecule has 0 saturated heterocycles. The number of hydrogen-bond donors (Lipinski definition) is 0. The summed E-state index contributed by atoms with van der Waals surface area (Å²) in [4.78, 5) is 0. The van der Waals surface area contributed by atoms with Crippen molar-refractivity contribution in [2.75, 3.05) is 0 Å². The Labute approximate surface area is 54.5 Å². The van der Waals surface area contributed by atoms with Gasteiger partial charge >= 0.3 is 0 Å². The van der Waals surface area contributed by atoms with Gasteiger partial charge in [-0.2, -0.15) is 0 Å². The summed E-state index contributed by atoms with van der Waals surface area (Å²) in [6.07, 6.45) is 1.79. The van der Waals surface area contributed by atoms with Gasteiger partial charge in [-0.1, -0.05) is 18.2 Å². The fraction of sp³-hybridized carbons (Fsp3) is 0. The highest BCUT2D eigenvalue weighted by Gasteiger charge is 1.90. The highest BCUT2D eigenvalue weighted by atomic mass is 31.1. The topological polar surface area (TPSA) is 13.1 Å². The first kappa shape index (κ1) is 5.01. The Kier molecular flexibility index (Phi) is 1.03. The zero-order valence-corrected chi connectivity index (χ0v) is 5.64. The van der Waals surface area contributed by atoms with Crippen molar-refractivity contribution < 1.29 is 4.20 Å². The smallest absolute Gasteiger partial charge is 0.132 e. The van der Waals surface area contributed by atoms with Crippen LogP contribution in [0.1, 0.15) is 0 Å². The van der Waals surface area contributed by atoms with E-state index in [0.29, 0.717) is 0 Å². The van der Waals surface area contributed by atoms with Crippen molar-refractivity contribution in [2.45, 2.75) is 0 Å². The number of hydrogen-bond acceptors (Lipinski definition) is 1. The second-order valence-electron chi connectivity index (χ2n) is 1.87. The van der Waals surface area contributed by atoms with Crippen LogP contribution in [0.15, 0.2) is 34.7 Å². The second-order valence-corrected chi connectivity index (χ2v) is 2.75. The highest BCUT2D eigenvalue weighted by molar-refractivity contribution is 7.30. The molecule has 0 spiro atoms. The minimum absolute atomic E-state index is 0.968. The lowest BCUT2D eigenvalue weighted by molar-refractivity contribution is 0.701. The van der Waals surface area contributed by atoms with Crippen molar-refractivity contribution in [1.82, 2.24) is 0 Å². The highest BCUT2D eigenvalue weighted by Crippen LogP contribution is 2.23. The van der Waals surface area contributed by atoms with Crippen LogP contribution >= 0.6 is 8.43 Å². The Bertz CT molecular complexity index is 283. The summed E-state index contributed by atoms with van der Waals surface area (Å²) in [6, 6.07) is 8.16. The van der Waals surface area contributed by atoms with Crippen LogP contribution in [-0.2, 0) is 0 Å². The number of rotatable bonds is 0. The van der Waals surface area contributed by atoms with Gasteiger partial charge in [0.05, 0.1) is 0 Å². The number of benzene rings is 1. The van der Waals surface area contributed by atoms with Crippen LogP contribution in [-0.4, -0.2) is 0 Å². The molecule has 1 heterocycles. The molecule has 2 heteroatoms. The fourth-order valence-electron chi connectivity index (χ4n) is 0.810. The van der Waals surface area contributed by atoms with E-state index in [0.717, 1.165) is 8.43 Å². The largest absolute Gasteiger partial charge is 0.446 e. The summed E-state index contributed by atoms with van der Waals surface area (Å²) < 4.78 is 5.06. The second kappa shape index (κ2) is 1.85. The summed E-state index contributed by atoms with van der Waals surface area (Å²) in [7, 11) is 0.968. The van der Waals surface area contributed by atoms with Crippen LogP contribution < -0.4 is 0 Å². The molecule has 0 atom stereocenters. The zero-order chi connectivity index (χ0) is 6.10. The molecule has 0 aliphatic rings. The molecule has 9 heavy (non-hydrogen) atoms. The maximum atomic E-state index is 5.06. The van der Waals surface area contributed by atoms with Crippen molar-refractivity contribution in [1.29, 1.82) is 0 Å². The van der Waals surface area contributed by atoms with Crippen LogP contribution in [0.3, 0.4) is 0 Å². The molecule has 1 aromatic carbocycles. The van der Waals surface area contributed by atoms with Crippen LogP contribution in [0.5, 0.6) is 0 Å². The molecule has 0 fully saturated rings. The summed E-state index contributed by atoms with van der Waals surface area (Å²) in [5.74, 6) is 0. The molecule has 0 bridgehead atoms. The maximum absolute atomic E-state index is 5.06. The third-order valence-electron chi connectivity index (χ3n) is 1.27. The first-order valence-electron chi connectivity index (χ1n) is 2.76. The lowest BCUT2D eigenvalue weighted by Gasteiger charge is -1.79. The van der Waals surface area contributed by atoms with Gasteiger partial charge in [0.25, 0.3) is 0 Å². The lowest BCUT2D eigenvalue weighted by Crippen LogP contribution is -1.55. The maximum Gasteiger partial charge on any atom is 0.132 e. The van der Waals surface area contributed by atoms with Crippen molar-refractivity contribution in [3.63, 3.8) is 0 Å². The molecular weight excluding hydrogens is 131 g/mol. The minimum atomic E-state index is 0.968. The molecule has 44 valence electrons. The summed E-state index contributed by atoms with van der Waals surface area (Å²) in [6.45, 7) is 0. The van der Waals surface area contributed by atoms with E-state index in [1.165, 1.54) is 10.5 Å². The van der Waals surface area contributed by atoms with E-state index < -0.39 is 0 Å². The summed E-state index contributed by atoms with van der Waals surface area (Å²) >= 11 is 0. The van der Waals surface area contributed by atoms with Crippen molar-refractivity contribution in [3.05, 3.63) is 30.5 Å². The van der Waals surface area contributed by atoms with E-state index in [1.807, 2.05) is 12.1 Å². The van der Waals surface area contributed by atoms with E-state index in [4.69, 9.17) is 4.20 Å². The predicted octanol–water partition coefficient (Wildman–Crippen LogP) is 3.01. The standard InChI is InChI=1S/C7H5OP/c1-2-4-7-6(3-1)5-8-9-7/h1-5H. The molecular formula is C7H5OP. The van der Waals surface area contributed by atoms with Gasteiger partial charge in [-0.05, 0) is 6.07 Å². The average molecular weight is 136 g/mol. The Morgan fingerprint density at radius 1 is 1.22 bits per heavy atom. The third kappa shape index (κ3) is 0.739. The molecule has 0 saturated carbocycles. The number of fused-ring (bicyclic) bond motifs is 1. The molecule has 1 aromatic heterocycles. The van der Waals surface area contributed by atoms with E-state index in [1.54, 1.807) is 6.26 Å². The first-order chi connectivity index (χ1) is 4.47. The molecule has 0 aliphatic heterocycles. The van der Waals surface area contributed by atoms with Gasteiger partial charge in [0.15, 0.2) is 0 Å². The fourth-order valence-corrected chi connectivity index (χ4v) is 1.47. The normalized spacial score (nSPS) is 11.1. The average Bonchev–Trinajstić information content (AvgIpc) is 2.33. The summed E-state index contributed by atoms with van der Waals surface area (Å²) in [5, 5.41) is 2.47. The Balaban J connectivity index is 2.95. The van der Waals surface area contributed by atoms with Gasteiger partial charge in [0.2, 0.25) is 0 Å². The van der Waals surface area contributed by atoms with Crippen molar-refractivity contribution >= 4 is 18.9 Å². The molecule has 2 rings (SSSR count). The first-order valence-corrected chi connectivity index (χ1v) is 3.57. The van der Waals surface area contributed by atoms with Gasteiger partial charge in [-0.3, -0.25) is 0 Å². The van der Waals surface area contributed by atoms with Gasteiger partial charge in [0.1, 0.15) is 14.7 Å². The van der Waals surface area contributed by atoms with Gasteiger partial charge in [-0.15, -0.1) is 0 Å². The van der Waals surface area contributed by atoms with Crippen LogP contribution in [0.2, 0.25) is 0 Å². The van der Waals surface area contributed by atoms with E-state index >= 15 is 0 Å². The summed E-state index contributed by atoms with van der Waals surface area (Å²) in [5.41, 5.74) is 0. The van der Waals surface area contributed by atoms with Crippen LogP contribution in [0.4, 0.5) is 0 Å².